The monoisotopic (exact) mass is 417 g/mol. The minimum atomic E-state index is -4.79. The molecule has 1 saturated carbocycles. The Kier molecular flexibility index (Phi) is 4.62. The third-order valence-corrected chi connectivity index (χ3v) is 8.37. The molecular formula is C14H15ClF3NO4S2. The van der Waals surface area contributed by atoms with E-state index >= 15 is 0 Å². The highest BCUT2D eigenvalue weighted by molar-refractivity contribution is 7.92. The molecule has 1 saturated heterocycles. The van der Waals surface area contributed by atoms with Gasteiger partial charge in [0.15, 0.2) is 9.84 Å². The van der Waals surface area contributed by atoms with Gasteiger partial charge in [0.1, 0.15) is 0 Å². The second-order valence-corrected chi connectivity index (χ2v) is 10.7. The lowest BCUT2D eigenvalue weighted by Gasteiger charge is -2.27. The van der Waals surface area contributed by atoms with Crippen molar-refractivity contribution in [1.29, 1.82) is 0 Å². The van der Waals surface area contributed by atoms with Crippen LogP contribution in [-0.4, -0.2) is 44.7 Å². The van der Waals surface area contributed by atoms with E-state index in [1.165, 1.54) is 0 Å². The quantitative estimate of drug-likeness (QED) is 0.755. The first-order valence-corrected chi connectivity index (χ1v) is 11.2. The van der Waals surface area contributed by atoms with Crippen LogP contribution in [0.15, 0.2) is 23.1 Å². The third kappa shape index (κ3) is 3.81. The second kappa shape index (κ2) is 6.11. The molecule has 1 aromatic carbocycles. The lowest BCUT2D eigenvalue weighted by atomic mass is 10.2. The van der Waals surface area contributed by atoms with E-state index in [9.17, 15) is 30.0 Å². The normalized spacial score (nSPS) is 24.0. The molecule has 0 amide bonds. The Labute approximate surface area is 148 Å². The molecule has 3 rings (SSSR count). The number of alkyl halides is 3. The van der Waals surface area contributed by atoms with E-state index in [1.54, 1.807) is 0 Å². The molecule has 1 heterocycles. The minimum Gasteiger partial charge on any atom is -0.229 e. The van der Waals surface area contributed by atoms with Crippen LogP contribution in [0.3, 0.4) is 0 Å². The van der Waals surface area contributed by atoms with E-state index < -0.39 is 47.6 Å². The van der Waals surface area contributed by atoms with Crippen molar-refractivity contribution < 1.29 is 30.0 Å². The standard InChI is InChI=1S/C14H15ClF3NO4S2/c15-13-4-3-11(7-12(13)14(16,17)18)25(22,23)19(9-1-2-9)10-5-6-24(20,21)8-10/h3-4,7,9-10H,1-2,5-6,8H2/t10-/m0/s1. The fraction of sp³-hybridized carbons (Fsp3) is 0.571. The molecule has 0 radical (unpaired) electrons. The molecule has 140 valence electrons. The molecule has 2 fully saturated rings. The van der Waals surface area contributed by atoms with Crippen LogP contribution in [0.4, 0.5) is 13.2 Å². The Morgan fingerprint density at radius 3 is 2.24 bits per heavy atom. The van der Waals surface area contributed by atoms with Crippen LogP contribution < -0.4 is 0 Å². The van der Waals surface area contributed by atoms with Gasteiger partial charge in [-0.1, -0.05) is 11.6 Å². The van der Waals surface area contributed by atoms with Crippen LogP contribution in [0.1, 0.15) is 24.8 Å². The minimum absolute atomic E-state index is 0.120. The van der Waals surface area contributed by atoms with Crippen molar-refractivity contribution in [2.75, 3.05) is 11.5 Å². The summed E-state index contributed by atoms with van der Waals surface area (Å²) >= 11 is 5.54. The second-order valence-electron chi connectivity index (χ2n) is 6.26. The maximum Gasteiger partial charge on any atom is 0.417 e. The number of hydrogen-bond acceptors (Lipinski definition) is 4. The topological polar surface area (TPSA) is 71.5 Å². The van der Waals surface area contributed by atoms with Crippen molar-refractivity contribution in [2.24, 2.45) is 0 Å². The molecule has 1 aliphatic heterocycles. The smallest absolute Gasteiger partial charge is 0.229 e. The van der Waals surface area contributed by atoms with Gasteiger partial charge in [-0.2, -0.15) is 17.5 Å². The van der Waals surface area contributed by atoms with E-state index in [1.807, 2.05) is 0 Å². The summed E-state index contributed by atoms with van der Waals surface area (Å²) in [5, 5.41) is -0.590. The highest BCUT2D eigenvalue weighted by Crippen LogP contribution is 2.40. The van der Waals surface area contributed by atoms with Gasteiger partial charge in [0.05, 0.1) is 27.0 Å². The molecule has 0 spiro atoms. The van der Waals surface area contributed by atoms with Crippen LogP contribution >= 0.6 is 11.6 Å². The Hall–Kier alpha value is -0.840. The zero-order valence-electron chi connectivity index (χ0n) is 12.8. The molecule has 25 heavy (non-hydrogen) atoms. The van der Waals surface area contributed by atoms with E-state index in [0.717, 1.165) is 16.4 Å². The van der Waals surface area contributed by atoms with Crippen molar-refractivity contribution in [2.45, 2.75) is 42.4 Å². The van der Waals surface area contributed by atoms with Crippen LogP contribution in [0, 0.1) is 0 Å². The van der Waals surface area contributed by atoms with Crippen LogP contribution in [0.2, 0.25) is 5.02 Å². The van der Waals surface area contributed by atoms with E-state index in [2.05, 4.69) is 0 Å². The average molecular weight is 418 g/mol. The van der Waals surface area contributed by atoms with Crippen LogP contribution in [0.25, 0.3) is 0 Å². The summed E-state index contributed by atoms with van der Waals surface area (Å²) < 4.78 is 89.4. The summed E-state index contributed by atoms with van der Waals surface area (Å²) in [6.45, 7) is 0. The summed E-state index contributed by atoms with van der Waals surface area (Å²) in [5.74, 6) is -0.423. The van der Waals surface area contributed by atoms with Gasteiger partial charge in [-0.05, 0) is 37.5 Å². The van der Waals surface area contributed by atoms with Crippen molar-refractivity contribution >= 4 is 31.5 Å². The van der Waals surface area contributed by atoms with Gasteiger partial charge in [-0.25, -0.2) is 16.8 Å². The van der Waals surface area contributed by atoms with Gasteiger partial charge in [0.25, 0.3) is 0 Å². The molecule has 0 bridgehead atoms. The van der Waals surface area contributed by atoms with Gasteiger partial charge >= 0.3 is 6.18 Å². The number of nitrogens with zero attached hydrogens (tertiary/aromatic N) is 1. The van der Waals surface area contributed by atoms with E-state index in [-0.39, 0.29) is 24.0 Å². The van der Waals surface area contributed by atoms with Crippen molar-refractivity contribution in [3.05, 3.63) is 28.8 Å². The molecule has 0 N–H and O–H groups in total. The van der Waals surface area contributed by atoms with Crippen molar-refractivity contribution in [3.8, 4) is 0 Å². The Bertz CT molecular complexity index is 895. The average Bonchev–Trinajstić information content (AvgIpc) is 3.21. The molecule has 5 nitrogen and oxygen atoms in total. The first kappa shape index (κ1) is 18.9. The number of halogens is 4. The lowest BCUT2D eigenvalue weighted by Crippen LogP contribution is -2.42. The predicted octanol–water partition coefficient (Wildman–Crippen LogP) is 2.70. The molecule has 1 aliphatic carbocycles. The maximum atomic E-state index is 13.0. The summed E-state index contributed by atoms with van der Waals surface area (Å²) in [6, 6.07) is 1.32. The van der Waals surface area contributed by atoms with Crippen molar-refractivity contribution in [1.82, 2.24) is 4.31 Å². The molecule has 0 unspecified atom stereocenters. The fourth-order valence-corrected chi connectivity index (χ4v) is 6.96. The third-order valence-electron chi connectivity index (χ3n) is 4.29. The summed E-state index contributed by atoms with van der Waals surface area (Å²) in [6.07, 6.45) is -3.51. The van der Waals surface area contributed by atoms with Crippen LogP contribution in [0.5, 0.6) is 0 Å². The number of benzene rings is 1. The predicted molar refractivity (Wildman–Crippen MR) is 85.6 cm³/mol. The van der Waals surface area contributed by atoms with Crippen molar-refractivity contribution in [3.63, 3.8) is 0 Å². The van der Waals surface area contributed by atoms with Gasteiger partial charge in [0, 0.05) is 12.1 Å². The van der Waals surface area contributed by atoms with Gasteiger partial charge in [-0.3, -0.25) is 0 Å². The van der Waals surface area contributed by atoms with Gasteiger partial charge in [-0.15, -0.1) is 0 Å². The summed E-state index contributed by atoms with van der Waals surface area (Å²) in [4.78, 5) is -0.527. The maximum absolute atomic E-state index is 13.0. The van der Waals surface area contributed by atoms with Gasteiger partial charge in [0.2, 0.25) is 10.0 Å². The number of rotatable bonds is 4. The molecule has 0 aromatic heterocycles. The zero-order chi connectivity index (χ0) is 18.6. The Balaban J connectivity index is 2.02. The molecule has 1 aromatic rings. The summed E-state index contributed by atoms with van der Waals surface area (Å²) in [7, 11) is -7.59. The Morgan fingerprint density at radius 1 is 1.12 bits per heavy atom. The SMILES string of the molecule is O=S1(=O)CC[C@H](N(C2CC2)S(=O)(=O)c2ccc(Cl)c(C(F)(F)F)c2)C1. The van der Waals surface area contributed by atoms with Crippen LogP contribution in [-0.2, 0) is 26.0 Å². The highest BCUT2D eigenvalue weighted by atomic mass is 35.5. The number of sulfonamides is 1. The largest absolute Gasteiger partial charge is 0.417 e. The molecule has 2 aliphatic rings. The Morgan fingerprint density at radius 2 is 1.76 bits per heavy atom. The number of hydrogen-bond donors (Lipinski definition) is 0. The highest BCUT2D eigenvalue weighted by Gasteiger charge is 2.46. The molecular weight excluding hydrogens is 403 g/mol. The first-order chi connectivity index (χ1) is 11.4. The zero-order valence-corrected chi connectivity index (χ0v) is 15.2. The van der Waals surface area contributed by atoms with E-state index in [4.69, 9.17) is 11.6 Å². The summed E-state index contributed by atoms with van der Waals surface area (Å²) in [5.41, 5.74) is -1.23. The molecule has 1 atom stereocenters. The fourth-order valence-electron chi connectivity index (χ4n) is 3.00. The first-order valence-electron chi connectivity index (χ1n) is 7.52. The molecule has 11 heteroatoms. The lowest BCUT2D eigenvalue weighted by molar-refractivity contribution is -0.137. The van der Waals surface area contributed by atoms with Gasteiger partial charge < -0.3 is 0 Å². The van der Waals surface area contributed by atoms with E-state index in [0.29, 0.717) is 18.9 Å². The number of sulfone groups is 1.